The number of amides is 1. The molecule has 8 nitrogen and oxygen atoms in total. The number of ether oxygens (including phenoxy) is 2. The Labute approximate surface area is 164 Å². The number of anilines is 1. The third kappa shape index (κ3) is 4.85. The Morgan fingerprint density at radius 1 is 1.21 bits per heavy atom. The van der Waals surface area contributed by atoms with E-state index in [1.54, 1.807) is 25.4 Å². The van der Waals surface area contributed by atoms with Crippen LogP contribution in [0.3, 0.4) is 0 Å². The first-order valence-corrected chi connectivity index (χ1v) is 9.06. The smallest absolute Gasteiger partial charge is 0.261 e. The summed E-state index contributed by atoms with van der Waals surface area (Å²) < 4.78 is 12.6. The maximum Gasteiger partial charge on any atom is 0.261 e. The van der Waals surface area contributed by atoms with Crippen LogP contribution in [0, 0.1) is 0 Å². The van der Waals surface area contributed by atoms with Gasteiger partial charge in [-0.15, -0.1) is 0 Å². The van der Waals surface area contributed by atoms with Crippen molar-refractivity contribution in [3.63, 3.8) is 0 Å². The van der Waals surface area contributed by atoms with Crippen molar-refractivity contribution in [1.82, 2.24) is 19.4 Å². The van der Waals surface area contributed by atoms with Crippen molar-refractivity contribution < 1.29 is 14.3 Å². The number of aromatic nitrogens is 3. The van der Waals surface area contributed by atoms with Gasteiger partial charge in [0.15, 0.2) is 0 Å². The van der Waals surface area contributed by atoms with Crippen LogP contribution >= 0.6 is 0 Å². The van der Waals surface area contributed by atoms with Crippen LogP contribution in [0.1, 0.15) is 10.4 Å². The molecule has 0 atom stereocenters. The van der Waals surface area contributed by atoms with Gasteiger partial charge in [-0.05, 0) is 44.4 Å². The van der Waals surface area contributed by atoms with Crippen LogP contribution in [0.5, 0.6) is 5.88 Å². The molecule has 0 radical (unpaired) electrons. The lowest BCUT2D eigenvalue weighted by Gasteiger charge is -2.11. The van der Waals surface area contributed by atoms with Gasteiger partial charge in [0.25, 0.3) is 5.91 Å². The van der Waals surface area contributed by atoms with E-state index in [1.807, 2.05) is 38.6 Å². The molecule has 0 spiro atoms. The van der Waals surface area contributed by atoms with Crippen LogP contribution in [-0.2, 0) is 11.3 Å². The van der Waals surface area contributed by atoms with Gasteiger partial charge in [0.05, 0.1) is 24.0 Å². The van der Waals surface area contributed by atoms with Crippen LogP contribution in [0.2, 0.25) is 0 Å². The number of carbonyl (C=O) groups excluding carboxylic acids is 1. The van der Waals surface area contributed by atoms with Crippen molar-refractivity contribution in [2.24, 2.45) is 0 Å². The summed E-state index contributed by atoms with van der Waals surface area (Å²) in [7, 11) is 5.67. The second kappa shape index (κ2) is 9.29. The lowest BCUT2D eigenvalue weighted by molar-refractivity contribution is 0.101. The predicted molar refractivity (Wildman–Crippen MR) is 108 cm³/mol. The zero-order valence-corrected chi connectivity index (χ0v) is 16.4. The number of benzene rings is 1. The molecule has 0 aliphatic carbocycles. The zero-order valence-electron chi connectivity index (χ0n) is 16.4. The number of hydrogen-bond acceptors (Lipinski definition) is 6. The Hall–Kier alpha value is -2.97. The second-order valence-electron chi connectivity index (χ2n) is 6.60. The van der Waals surface area contributed by atoms with Gasteiger partial charge in [0, 0.05) is 32.1 Å². The molecule has 1 N–H and O–H groups in total. The lowest BCUT2D eigenvalue weighted by atomic mass is 10.2. The summed E-state index contributed by atoms with van der Waals surface area (Å²) in [5, 5.41) is 2.89. The highest BCUT2D eigenvalue weighted by Crippen LogP contribution is 2.21. The highest BCUT2D eigenvalue weighted by molar-refractivity contribution is 6.06. The molecule has 8 heteroatoms. The average Bonchev–Trinajstić information content (AvgIpc) is 3.09. The molecule has 0 saturated carbocycles. The number of methoxy groups -OCH3 is 1. The molecule has 1 amide bonds. The van der Waals surface area contributed by atoms with Gasteiger partial charge in [-0.2, -0.15) is 0 Å². The molecule has 0 aliphatic heterocycles. The van der Waals surface area contributed by atoms with E-state index < -0.39 is 0 Å². The monoisotopic (exact) mass is 383 g/mol. The molecule has 0 bridgehead atoms. The summed E-state index contributed by atoms with van der Waals surface area (Å²) in [4.78, 5) is 23.4. The first-order chi connectivity index (χ1) is 13.6. The lowest BCUT2D eigenvalue weighted by Crippen LogP contribution is -2.18. The molecule has 3 rings (SSSR count). The number of nitrogens with one attached hydrogen (secondary N) is 1. The Morgan fingerprint density at radius 3 is 2.86 bits per heavy atom. The van der Waals surface area contributed by atoms with E-state index in [2.05, 4.69) is 24.8 Å². The van der Waals surface area contributed by atoms with E-state index in [9.17, 15) is 4.79 Å². The number of imidazole rings is 1. The largest absolute Gasteiger partial charge is 0.475 e. The van der Waals surface area contributed by atoms with E-state index in [-0.39, 0.29) is 11.8 Å². The number of fused-ring (bicyclic) bond motifs is 1. The standard InChI is InChI=1S/C20H25N5O3/c1-24(2)9-10-25-14-22-17-13-15(6-7-18(17)25)23-19(26)16-5-4-8-21-20(16)28-12-11-27-3/h4-8,13-14H,9-12H2,1-3H3,(H,23,26). The van der Waals surface area contributed by atoms with E-state index >= 15 is 0 Å². The summed E-state index contributed by atoms with van der Waals surface area (Å²) in [5.41, 5.74) is 2.90. The topological polar surface area (TPSA) is 81.5 Å². The zero-order chi connectivity index (χ0) is 19.9. The molecule has 0 aliphatic rings. The SMILES string of the molecule is COCCOc1ncccc1C(=O)Nc1ccc2c(c1)ncn2CCN(C)C. The quantitative estimate of drug-likeness (QED) is 0.571. The average molecular weight is 383 g/mol. The number of nitrogens with zero attached hydrogens (tertiary/aromatic N) is 4. The minimum atomic E-state index is -0.285. The third-order valence-electron chi connectivity index (χ3n) is 4.21. The molecule has 148 valence electrons. The van der Waals surface area contributed by atoms with Gasteiger partial charge in [0.1, 0.15) is 12.2 Å². The summed E-state index contributed by atoms with van der Waals surface area (Å²) in [6.07, 6.45) is 3.41. The molecule has 2 aromatic heterocycles. The van der Waals surface area contributed by atoms with Gasteiger partial charge in [-0.25, -0.2) is 9.97 Å². The summed E-state index contributed by atoms with van der Waals surface area (Å²) in [6.45, 7) is 2.53. The Kier molecular flexibility index (Phi) is 6.57. The van der Waals surface area contributed by atoms with Crippen LogP contribution in [0.15, 0.2) is 42.9 Å². The second-order valence-corrected chi connectivity index (χ2v) is 6.60. The van der Waals surface area contributed by atoms with Gasteiger partial charge in [-0.3, -0.25) is 4.79 Å². The molecule has 3 aromatic rings. The van der Waals surface area contributed by atoms with Crippen molar-refractivity contribution in [3.05, 3.63) is 48.4 Å². The van der Waals surface area contributed by atoms with Gasteiger partial charge >= 0.3 is 0 Å². The van der Waals surface area contributed by atoms with E-state index in [0.29, 0.717) is 24.5 Å². The molecular weight excluding hydrogens is 358 g/mol. The number of pyridine rings is 1. The highest BCUT2D eigenvalue weighted by atomic mass is 16.5. The molecule has 28 heavy (non-hydrogen) atoms. The van der Waals surface area contributed by atoms with Crippen LogP contribution in [0.25, 0.3) is 11.0 Å². The van der Waals surface area contributed by atoms with Crippen molar-refractivity contribution in [1.29, 1.82) is 0 Å². The fraction of sp³-hybridized carbons (Fsp3) is 0.350. The fourth-order valence-electron chi connectivity index (χ4n) is 2.73. The normalized spacial score (nSPS) is 11.1. The maximum absolute atomic E-state index is 12.7. The number of carbonyl (C=O) groups is 1. The fourth-order valence-corrected chi connectivity index (χ4v) is 2.73. The summed E-state index contributed by atoms with van der Waals surface area (Å²) >= 11 is 0. The molecular formula is C20H25N5O3. The molecule has 2 heterocycles. The minimum absolute atomic E-state index is 0.283. The van der Waals surface area contributed by atoms with Gasteiger partial charge in [-0.1, -0.05) is 0 Å². The van der Waals surface area contributed by atoms with Crippen molar-refractivity contribution in [2.75, 3.05) is 46.3 Å². The summed E-state index contributed by atoms with van der Waals surface area (Å²) in [6, 6.07) is 9.08. The molecule has 1 aromatic carbocycles. The minimum Gasteiger partial charge on any atom is -0.475 e. The predicted octanol–water partition coefficient (Wildman–Crippen LogP) is 2.27. The van der Waals surface area contributed by atoms with Crippen LogP contribution in [0.4, 0.5) is 5.69 Å². The van der Waals surface area contributed by atoms with E-state index in [4.69, 9.17) is 9.47 Å². The number of rotatable bonds is 9. The van der Waals surface area contributed by atoms with E-state index in [0.717, 1.165) is 24.1 Å². The highest BCUT2D eigenvalue weighted by Gasteiger charge is 2.14. The molecule has 0 saturated heterocycles. The first kappa shape index (κ1) is 19.8. The molecule has 0 unspecified atom stereocenters. The Bertz CT molecular complexity index is 938. The number of hydrogen-bond donors (Lipinski definition) is 1. The Balaban J connectivity index is 1.73. The third-order valence-corrected chi connectivity index (χ3v) is 4.21. The van der Waals surface area contributed by atoms with Crippen molar-refractivity contribution >= 4 is 22.6 Å². The maximum atomic E-state index is 12.7. The van der Waals surface area contributed by atoms with Crippen molar-refractivity contribution in [2.45, 2.75) is 6.54 Å². The first-order valence-electron chi connectivity index (χ1n) is 9.06. The van der Waals surface area contributed by atoms with Crippen LogP contribution < -0.4 is 10.1 Å². The number of likely N-dealkylation sites (N-methyl/N-ethyl adjacent to an activating group) is 1. The molecule has 0 fully saturated rings. The van der Waals surface area contributed by atoms with Gasteiger partial charge in [0.2, 0.25) is 5.88 Å². The van der Waals surface area contributed by atoms with Crippen LogP contribution in [-0.4, -0.2) is 66.3 Å². The van der Waals surface area contributed by atoms with Gasteiger partial charge < -0.3 is 24.3 Å². The van der Waals surface area contributed by atoms with E-state index in [1.165, 1.54) is 0 Å². The summed E-state index contributed by atoms with van der Waals surface area (Å²) in [5.74, 6) is -0.00185. The Morgan fingerprint density at radius 2 is 2.07 bits per heavy atom. The van der Waals surface area contributed by atoms with Crippen molar-refractivity contribution in [3.8, 4) is 5.88 Å².